The monoisotopic (exact) mass is 289 g/mol. The lowest BCUT2D eigenvalue weighted by atomic mass is 9.95. The molecule has 0 saturated heterocycles. The Labute approximate surface area is 125 Å². The fourth-order valence-electron chi connectivity index (χ4n) is 3.34. The number of hydrogen-bond acceptors (Lipinski definition) is 4. The third kappa shape index (κ3) is 3.02. The maximum absolute atomic E-state index is 11.7. The van der Waals surface area contributed by atoms with Crippen LogP contribution >= 0.6 is 0 Å². The van der Waals surface area contributed by atoms with Gasteiger partial charge in [0.2, 0.25) is 5.88 Å². The molecule has 0 aromatic carbocycles. The minimum absolute atomic E-state index is 0.285. The molecule has 5 nitrogen and oxygen atoms in total. The van der Waals surface area contributed by atoms with E-state index >= 15 is 0 Å². The zero-order valence-corrected chi connectivity index (χ0v) is 12.4. The lowest BCUT2D eigenvalue weighted by Gasteiger charge is -2.24. The van der Waals surface area contributed by atoms with Gasteiger partial charge >= 0.3 is 0 Å². The molecule has 0 atom stereocenters. The number of nitrogens with two attached hydrogens (primary N) is 2. The van der Waals surface area contributed by atoms with E-state index in [9.17, 15) is 4.79 Å². The second-order valence-electron chi connectivity index (χ2n) is 6.38. The number of pyridine rings is 1. The maximum Gasteiger partial charge on any atom is 0.254 e. The molecular formula is C16H23N3O2. The number of primary amides is 1. The van der Waals surface area contributed by atoms with Crippen molar-refractivity contribution in [3.63, 3.8) is 0 Å². The Hall–Kier alpha value is -1.62. The molecule has 5 heteroatoms. The summed E-state index contributed by atoms with van der Waals surface area (Å²) in [5.41, 5.74) is 14.0. The average Bonchev–Trinajstić information content (AvgIpc) is 2.91. The van der Waals surface area contributed by atoms with Gasteiger partial charge in [0.1, 0.15) is 12.2 Å². The Kier molecular flexibility index (Phi) is 3.85. The van der Waals surface area contributed by atoms with Gasteiger partial charge < -0.3 is 16.2 Å². The van der Waals surface area contributed by atoms with E-state index in [4.69, 9.17) is 16.2 Å². The van der Waals surface area contributed by atoms with Crippen LogP contribution in [0.5, 0.6) is 5.88 Å². The molecule has 2 aliphatic rings. The van der Waals surface area contributed by atoms with Crippen LogP contribution in [0.4, 0.5) is 0 Å². The summed E-state index contributed by atoms with van der Waals surface area (Å²) in [5.74, 6) is -0.122. The summed E-state index contributed by atoms with van der Waals surface area (Å²) in [7, 11) is 0. The normalized spacial score (nSPS) is 20.0. The van der Waals surface area contributed by atoms with Crippen molar-refractivity contribution in [2.24, 2.45) is 11.5 Å². The van der Waals surface area contributed by atoms with Crippen molar-refractivity contribution in [3.8, 4) is 5.88 Å². The van der Waals surface area contributed by atoms with Gasteiger partial charge in [0.25, 0.3) is 5.91 Å². The second-order valence-corrected chi connectivity index (χ2v) is 6.38. The molecule has 21 heavy (non-hydrogen) atoms. The van der Waals surface area contributed by atoms with Crippen molar-refractivity contribution in [1.82, 2.24) is 4.98 Å². The van der Waals surface area contributed by atoms with Crippen LogP contribution in [0.1, 0.15) is 60.1 Å². The highest BCUT2D eigenvalue weighted by Gasteiger charge is 2.31. The van der Waals surface area contributed by atoms with E-state index in [2.05, 4.69) is 4.98 Å². The molecule has 114 valence electrons. The number of fused-ring (bicyclic) bond motifs is 1. The van der Waals surface area contributed by atoms with E-state index in [0.717, 1.165) is 62.6 Å². The summed E-state index contributed by atoms with van der Waals surface area (Å²) >= 11 is 0. The quantitative estimate of drug-likeness (QED) is 0.882. The number of rotatable bonds is 4. The highest BCUT2D eigenvalue weighted by atomic mass is 16.5. The van der Waals surface area contributed by atoms with Gasteiger partial charge in [-0.25, -0.2) is 4.98 Å². The molecule has 4 N–H and O–H groups in total. The van der Waals surface area contributed by atoms with Gasteiger partial charge in [0.15, 0.2) is 0 Å². The minimum Gasteiger partial charge on any atom is -0.475 e. The SMILES string of the molecule is NC(=O)c1cc2c(nc1OCC1(N)CCCC1)CCCC2. The Morgan fingerprint density at radius 1 is 1.24 bits per heavy atom. The number of ether oxygens (including phenoxy) is 1. The number of carbonyl (C=O) groups is 1. The van der Waals surface area contributed by atoms with Crippen LogP contribution in [0.15, 0.2) is 6.07 Å². The molecule has 0 spiro atoms. The maximum atomic E-state index is 11.7. The molecule has 1 saturated carbocycles. The molecule has 1 amide bonds. The predicted molar refractivity (Wildman–Crippen MR) is 80.3 cm³/mol. The fourth-order valence-corrected chi connectivity index (χ4v) is 3.34. The molecule has 1 fully saturated rings. The first-order chi connectivity index (χ1) is 10.1. The number of carbonyl (C=O) groups excluding carboxylic acids is 1. The molecule has 1 aromatic rings. The third-order valence-electron chi connectivity index (χ3n) is 4.63. The van der Waals surface area contributed by atoms with Crippen LogP contribution in [0.3, 0.4) is 0 Å². The summed E-state index contributed by atoms with van der Waals surface area (Å²) in [6.07, 6.45) is 8.38. The van der Waals surface area contributed by atoms with Gasteiger partial charge in [-0.15, -0.1) is 0 Å². The third-order valence-corrected chi connectivity index (χ3v) is 4.63. The Balaban J connectivity index is 1.84. The van der Waals surface area contributed by atoms with E-state index in [0.29, 0.717) is 18.1 Å². The van der Waals surface area contributed by atoms with Crippen molar-refractivity contribution in [2.75, 3.05) is 6.61 Å². The molecule has 3 rings (SSSR count). The van der Waals surface area contributed by atoms with E-state index in [1.165, 1.54) is 0 Å². The highest BCUT2D eigenvalue weighted by molar-refractivity contribution is 5.95. The van der Waals surface area contributed by atoms with Gasteiger partial charge in [-0.2, -0.15) is 0 Å². The fraction of sp³-hybridized carbons (Fsp3) is 0.625. The van der Waals surface area contributed by atoms with Crippen molar-refractivity contribution in [3.05, 3.63) is 22.9 Å². The van der Waals surface area contributed by atoms with E-state index in [-0.39, 0.29) is 5.54 Å². The summed E-state index contributed by atoms with van der Waals surface area (Å²) in [6.45, 7) is 0.402. The molecule has 2 aliphatic carbocycles. The van der Waals surface area contributed by atoms with Crippen LogP contribution in [0.2, 0.25) is 0 Å². The van der Waals surface area contributed by atoms with E-state index in [1.807, 2.05) is 6.07 Å². The predicted octanol–water partition coefficient (Wildman–Crippen LogP) is 1.71. The first-order valence-electron chi connectivity index (χ1n) is 7.82. The number of amides is 1. The minimum atomic E-state index is -0.483. The number of hydrogen-bond donors (Lipinski definition) is 2. The lowest BCUT2D eigenvalue weighted by Crippen LogP contribution is -2.43. The largest absolute Gasteiger partial charge is 0.475 e. The van der Waals surface area contributed by atoms with Crippen LogP contribution in [0.25, 0.3) is 0 Å². The lowest BCUT2D eigenvalue weighted by molar-refractivity contribution is 0.0993. The van der Waals surface area contributed by atoms with Gasteiger partial charge in [0, 0.05) is 5.69 Å². The number of aromatic nitrogens is 1. The van der Waals surface area contributed by atoms with Crippen molar-refractivity contribution in [1.29, 1.82) is 0 Å². The van der Waals surface area contributed by atoms with Gasteiger partial charge in [-0.3, -0.25) is 4.79 Å². The Morgan fingerprint density at radius 2 is 1.95 bits per heavy atom. The number of nitrogens with zero attached hydrogens (tertiary/aromatic N) is 1. The number of aryl methyl sites for hydroxylation is 2. The van der Waals surface area contributed by atoms with Gasteiger partial charge in [-0.05, 0) is 50.2 Å². The summed E-state index contributed by atoms with van der Waals surface area (Å²) in [6, 6.07) is 1.86. The molecule has 0 aliphatic heterocycles. The molecule has 1 heterocycles. The Morgan fingerprint density at radius 3 is 2.67 bits per heavy atom. The average molecular weight is 289 g/mol. The summed E-state index contributed by atoms with van der Waals surface area (Å²) in [5, 5.41) is 0. The van der Waals surface area contributed by atoms with Crippen molar-refractivity contribution >= 4 is 5.91 Å². The molecular weight excluding hydrogens is 266 g/mol. The van der Waals surface area contributed by atoms with Crippen molar-refractivity contribution < 1.29 is 9.53 Å². The van der Waals surface area contributed by atoms with Crippen LogP contribution in [0, 0.1) is 0 Å². The van der Waals surface area contributed by atoms with E-state index < -0.39 is 5.91 Å². The summed E-state index contributed by atoms with van der Waals surface area (Å²) < 4.78 is 5.81. The van der Waals surface area contributed by atoms with Crippen LogP contribution in [-0.4, -0.2) is 23.0 Å². The molecule has 1 aromatic heterocycles. The van der Waals surface area contributed by atoms with E-state index in [1.54, 1.807) is 0 Å². The second kappa shape index (κ2) is 5.64. The topological polar surface area (TPSA) is 91.2 Å². The van der Waals surface area contributed by atoms with Gasteiger partial charge in [-0.1, -0.05) is 12.8 Å². The Bertz CT molecular complexity index is 551. The molecule has 0 unspecified atom stereocenters. The van der Waals surface area contributed by atoms with Gasteiger partial charge in [0.05, 0.1) is 5.54 Å². The van der Waals surface area contributed by atoms with Crippen LogP contribution in [-0.2, 0) is 12.8 Å². The molecule has 0 radical (unpaired) electrons. The van der Waals surface area contributed by atoms with Crippen LogP contribution < -0.4 is 16.2 Å². The zero-order valence-electron chi connectivity index (χ0n) is 12.4. The smallest absolute Gasteiger partial charge is 0.254 e. The first-order valence-corrected chi connectivity index (χ1v) is 7.82. The zero-order chi connectivity index (χ0) is 14.9. The van der Waals surface area contributed by atoms with Crippen molar-refractivity contribution in [2.45, 2.75) is 56.9 Å². The standard InChI is InChI=1S/C16H23N3O2/c17-14(20)12-9-11-5-1-2-6-13(11)19-15(12)21-10-16(18)7-3-4-8-16/h9H,1-8,10,18H2,(H2,17,20). The highest BCUT2D eigenvalue weighted by Crippen LogP contribution is 2.30. The molecule has 0 bridgehead atoms. The first kappa shape index (κ1) is 14.3. The summed E-state index contributed by atoms with van der Waals surface area (Å²) in [4.78, 5) is 16.2.